The average molecular weight is 335 g/mol. The van der Waals surface area contributed by atoms with Gasteiger partial charge in [0, 0.05) is 33.3 Å². The molecular formula is C14H23ClN2O3S. The molecule has 5 nitrogen and oxygen atoms in total. The lowest BCUT2D eigenvalue weighted by Crippen LogP contribution is -2.30. The number of sulfonamides is 1. The maximum absolute atomic E-state index is 12.5. The van der Waals surface area contributed by atoms with Crippen molar-refractivity contribution in [2.45, 2.75) is 31.3 Å². The Balaban J connectivity index is 3.02. The van der Waals surface area contributed by atoms with E-state index < -0.39 is 10.0 Å². The number of benzene rings is 1. The number of hydrogen-bond donors (Lipinski definition) is 1. The topological polar surface area (TPSA) is 58.6 Å². The molecule has 0 aromatic heterocycles. The molecule has 0 bridgehead atoms. The van der Waals surface area contributed by atoms with E-state index in [-0.39, 0.29) is 16.5 Å². The minimum atomic E-state index is -3.61. The number of hydrogen-bond acceptors (Lipinski definition) is 4. The van der Waals surface area contributed by atoms with Crippen LogP contribution in [0.2, 0.25) is 5.02 Å². The predicted molar refractivity (Wildman–Crippen MR) is 85.1 cm³/mol. The van der Waals surface area contributed by atoms with E-state index in [1.165, 1.54) is 18.5 Å². The maximum Gasteiger partial charge on any atom is 0.244 e. The Morgan fingerprint density at radius 3 is 2.62 bits per heavy atom. The minimum Gasteiger partial charge on any atom is -0.383 e. The molecule has 0 fully saturated rings. The van der Waals surface area contributed by atoms with Gasteiger partial charge in [-0.1, -0.05) is 31.5 Å². The average Bonchev–Trinajstić information content (AvgIpc) is 2.43. The number of nitrogens with zero attached hydrogens (tertiary/aromatic N) is 1. The fraction of sp³-hybridized carbons (Fsp3) is 0.571. The lowest BCUT2D eigenvalue weighted by atomic mass is 10.2. The summed E-state index contributed by atoms with van der Waals surface area (Å²) >= 11 is 6.06. The van der Waals surface area contributed by atoms with Gasteiger partial charge in [0.2, 0.25) is 10.0 Å². The Morgan fingerprint density at radius 2 is 2.05 bits per heavy atom. The van der Waals surface area contributed by atoms with Crippen molar-refractivity contribution in [2.75, 3.05) is 27.3 Å². The van der Waals surface area contributed by atoms with Crippen LogP contribution in [0, 0.1) is 0 Å². The first-order valence-electron chi connectivity index (χ1n) is 6.76. The molecule has 0 radical (unpaired) electrons. The second-order valence-corrected chi connectivity index (χ2v) is 7.54. The molecule has 1 N–H and O–H groups in total. The monoisotopic (exact) mass is 334 g/mol. The number of likely N-dealkylation sites (N-methyl/N-ethyl adjacent to an activating group) is 1. The van der Waals surface area contributed by atoms with Crippen molar-refractivity contribution in [1.29, 1.82) is 0 Å². The smallest absolute Gasteiger partial charge is 0.244 e. The van der Waals surface area contributed by atoms with E-state index in [1.807, 2.05) is 19.9 Å². The van der Waals surface area contributed by atoms with Gasteiger partial charge in [-0.2, -0.15) is 4.31 Å². The van der Waals surface area contributed by atoms with Crippen LogP contribution in [0.15, 0.2) is 23.1 Å². The second kappa shape index (κ2) is 8.10. The van der Waals surface area contributed by atoms with E-state index in [2.05, 4.69) is 5.32 Å². The van der Waals surface area contributed by atoms with Gasteiger partial charge in [-0.25, -0.2) is 8.42 Å². The highest BCUT2D eigenvalue weighted by Gasteiger charge is 2.23. The summed E-state index contributed by atoms with van der Waals surface area (Å²) in [6, 6.07) is 5.39. The molecule has 7 heteroatoms. The zero-order valence-corrected chi connectivity index (χ0v) is 14.5. The van der Waals surface area contributed by atoms with E-state index in [0.29, 0.717) is 19.2 Å². The van der Waals surface area contributed by atoms with Gasteiger partial charge in [0.1, 0.15) is 4.90 Å². The van der Waals surface area contributed by atoms with E-state index >= 15 is 0 Å². The van der Waals surface area contributed by atoms with Crippen molar-refractivity contribution in [2.24, 2.45) is 0 Å². The SMILES string of the molecule is COCCN(C)S(=O)(=O)c1cc(CNC(C)C)ccc1Cl. The summed E-state index contributed by atoms with van der Waals surface area (Å²) in [6.45, 7) is 5.28. The zero-order valence-electron chi connectivity index (χ0n) is 12.9. The third-order valence-electron chi connectivity index (χ3n) is 3.01. The Morgan fingerprint density at radius 1 is 1.38 bits per heavy atom. The molecule has 1 aromatic rings. The van der Waals surface area contributed by atoms with Crippen LogP contribution in [0.3, 0.4) is 0 Å². The van der Waals surface area contributed by atoms with Crippen LogP contribution in [-0.4, -0.2) is 46.1 Å². The molecule has 0 heterocycles. The third-order valence-corrected chi connectivity index (χ3v) is 5.35. The van der Waals surface area contributed by atoms with Crippen LogP contribution in [-0.2, 0) is 21.3 Å². The van der Waals surface area contributed by atoms with Crippen LogP contribution >= 0.6 is 11.6 Å². The molecule has 1 rings (SSSR count). The van der Waals surface area contributed by atoms with Crippen molar-refractivity contribution < 1.29 is 13.2 Å². The van der Waals surface area contributed by atoms with Crippen molar-refractivity contribution >= 4 is 21.6 Å². The standard InChI is InChI=1S/C14H23ClN2O3S/c1-11(2)16-10-12-5-6-13(15)14(9-12)21(18,19)17(3)7-8-20-4/h5-6,9,11,16H,7-8,10H2,1-4H3. The third kappa shape index (κ3) is 5.23. The highest BCUT2D eigenvalue weighted by Crippen LogP contribution is 2.25. The molecule has 0 spiro atoms. The second-order valence-electron chi connectivity index (χ2n) is 5.12. The van der Waals surface area contributed by atoms with E-state index in [4.69, 9.17) is 16.3 Å². The fourth-order valence-corrected chi connectivity index (χ4v) is 3.36. The van der Waals surface area contributed by atoms with Gasteiger partial charge in [-0.3, -0.25) is 0 Å². The number of methoxy groups -OCH3 is 1. The largest absolute Gasteiger partial charge is 0.383 e. The van der Waals surface area contributed by atoms with E-state index in [0.717, 1.165) is 5.56 Å². The Kier molecular flexibility index (Phi) is 7.09. The number of nitrogens with one attached hydrogen (secondary N) is 1. The normalized spacial score (nSPS) is 12.3. The first-order valence-corrected chi connectivity index (χ1v) is 8.58. The zero-order chi connectivity index (χ0) is 16.0. The molecule has 0 unspecified atom stereocenters. The molecule has 0 atom stereocenters. The molecule has 1 aromatic carbocycles. The summed E-state index contributed by atoms with van der Waals surface area (Å²) in [5.74, 6) is 0. The molecule has 21 heavy (non-hydrogen) atoms. The quantitative estimate of drug-likeness (QED) is 0.791. The summed E-state index contributed by atoms with van der Waals surface area (Å²) in [4.78, 5) is 0.130. The van der Waals surface area contributed by atoms with Crippen molar-refractivity contribution in [3.8, 4) is 0 Å². The summed E-state index contributed by atoms with van der Waals surface area (Å²) in [5, 5.41) is 3.48. The van der Waals surface area contributed by atoms with Crippen molar-refractivity contribution in [3.63, 3.8) is 0 Å². The summed E-state index contributed by atoms with van der Waals surface area (Å²) in [5.41, 5.74) is 0.881. The lowest BCUT2D eigenvalue weighted by Gasteiger charge is -2.18. The number of halogens is 1. The Labute approximate surface area is 132 Å². The Hall–Kier alpha value is -0.660. The summed E-state index contributed by atoms with van der Waals surface area (Å²) < 4.78 is 31.2. The molecule has 0 aliphatic heterocycles. The summed E-state index contributed by atoms with van der Waals surface area (Å²) in [6.07, 6.45) is 0. The van der Waals surface area contributed by atoms with Gasteiger partial charge in [0.25, 0.3) is 0 Å². The predicted octanol–water partition coefficient (Wildman–Crippen LogP) is 2.10. The van der Waals surface area contributed by atoms with Gasteiger partial charge in [-0.05, 0) is 17.7 Å². The van der Waals surface area contributed by atoms with Crippen molar-refractivity contribution in [1.82, 2.24) is 9.62 Å². The van der Waals surface area contributed by atoms with Crippen LogP contribution < -0.4 is 5.32 Å². The molecular weight excluding hydrogens is 312 g/mol. The highest BCUT2D eigenvalue weighted by molar-refractivity contribution is 7.89. The molecule has 0 amide bonds. The number of rotatable bonds is 8. The van der Waals surface area contributed by atoms with Gasteiger partial charge in [0.05, 0.1) is 11.6 Å². The van der Waals surface area contributed by atoms with Crippen LogP contribution in [0.5, 0.6) is 0 Å². The molecule has 0 saturated heterocycles. The van der Waals surface area contributed by atoms with Gasteiger partial charge < -0.3 is 10.1 Å². The minimum absolute atomic E-state index is 0.130. The van der Waals surface area contributed by atoms with Crippen LogP contribution in [0.4, 0.5) is 0 Å². The molecule has 0 saturated carbocycles. The van der Waals surface area contributed by atoms with E-state index in [1.54, 1.807) is 12.1 Å². The first kappa shape index (κ1) is 18.4. The van der Waals surface area contributed by atoms with Crippen LogP contribution in [0.1, 0.15) is 19.4 Å². The maximum atomic E-state index is 12.5. The number of ether oxygens (including phenoxy) is 1. The molecule has 120 valence electrons. The Bertz CT molecular complexity index is 561. The van der Waals surface area contributed by atoms with Crippen LogP contribution in [0.25, 0.3) is 0 Å². The lowest BCUT2D eigenvalue weighted by molar-refractivity contribution is 0.185. The summed E-state index contributed by atoms with van der Waals surface area (Å²) in [7, 11) is -0.558. The van der Waals surface area contributed by atoms with Crippen molar-refractivity contribution in [3.05, 3.63) is 28.8 Å². The fourth-order valence-electron chi connectivity index (χ4n) is 1.69. The van der Waals surface area contributed by atoms with E-state index in [9.17, 15) is 8.42 Å². The van der Waals surface area contributed by atoms with Gasteiger partial charge in [-0.15, -0.1) is 0 Å². The highest BCUT2D eigenvalue weighted by atomic mass is 35.5. The molecule has 0 aliphatic rings. The first-order chi connectivity index (χ1) is 9.78. The molecule has 0 aliphatic carbocycles. The van der Waals surface area contributed by atoms with Gasteiger partial charge in [0.15, 0.2) is 0 Å². The van der Waals surface area contributed by atoms with Gasteiger partial charge >= 0.3 is 0 Å².